The van der Waals surface area contributed by atoms with Crippen molar-refractivity contribution >= 4 is 11.8 Å². The Labute approximate surface area is 176 Å². The Hall–Kier alpha value is -3.60. The lowest BCUT2D eigenvalue weighted by Crippen LogP contribution is -2.52. The summed E-state index contributed by atoms with van der Waals surface area (Å²) in [6.07, 6.45) is 0.241. The van der Waals surface area contributed by atoms with Gasteiger partial charge >= 0.3 is 0 Å². The highest BCUT2D eigenvalue weighted by atomic mass is 16.5. The zero-order valence-corrected chi connectivity index (χ0v) is 17.2. The summed E-state index contributed by atoms with van der Waals surface area (Å²) in [5.74, 6) is -0.247. The van der Waals surface area contributed by atoms with Crippen molar-refractivity contribution in [3.8, 4) is 5.75 Å². The number of hydrogen-bond donors (Lipinski definition) is 2. The van der Waals surface area contributed by atoms with E-state index in [1.54, 1.807) is 7.11 Å². The number of carbonyl (C=O) groups excluding carboxylic acids is 2. The van der Waals surface area contributed by atoms with Crippen LogP contribution >= 0.6 is 0 Å². The highest BCUT2D eigenvalue weighted by molar-refractivity contribution is 5.95. The first-order valence-corrected chi connectivity index (χ1v) is 9.80. The number of amides is 2. The fourth-order valence-corrected chi connectivity index (χ4v) is 3.59. The van der Waals surface area contributed by atoms with Crippen molar-refractivity contribution in [1.82, 2.24) is 5.32 Å². The number of methoxy groups -OCH3 is 1. The molecule has 0 aliphatic heterocycles. The second kappa shape index (κ2) is 9.27. The Bertz CT molecular complexity index is 964. The number of hydrogen-bond acceptors (Lipinski definition) is 3. The number of para-hydroxylation sites is 1. The van der Waals surface area contributed by atoms with E-state index in [0.717, 1.165) is 16.7 Å². The van der Waals surface area contributed by atoms with Crippen molar-refractivity contribution in [1.29, 1.82) is 0 Å². The molecule has 1 atom stereocenters. The van der Waals surface area contributed by atoms with E-state index in [9.17, 15) is 9.59 Å². The minimum absolute atomic E-state index is 0.241. The first kappa shape index (κ1) is 21.1. The van der Waals surface area contributed by atoms with Crippen molar-refractivity contribution in [3.63, 3.8) is 0 Å². The molecule has 0 spiro atoms. The molecule has 0 unspecified atom stereocenters. The summed E-state index contributed by atoms with van der Waals surface area (Å²) in [5.41, 5.74) is 7.11. The lowest BCUT2D eigenvalue weighted by atomic mass is 9.75. The second-order valence-electron chi connectivity index (χ2n) is 7.30. The molecule has 5 heteroatoms. The summed E-state index contributed by atoms with van der Waals surface area (Å²) in [7, 11) is 1.57. The Morgan fingerprint density at radius 3 is 1.90 bits per heavy atom. The Morgan fingerprint density at radius 2 is 1.40 bits per heavy atom. The minimum atomic E-state index is -0.989. The van der Waals surface area contributed by atoms with Gasteiger partial charge in [0.25, 0.3) is 0 Å². The third-order valence-electron chi connectivity index (χ3n) is 5.42. The van der Waals surface area contributed by atoms with Gasteiger partial charge in [0, 0.05) is 6.42 Å². The first-order valence-electron chi connectivity index (χ1n) is 9.80. The maximum atomic E-state index is 13.6. The summed E-state index contributed by atoms with van der Waals surface area (Å²) in [6.45, 7) is 1.86. The molecule has 3 N–H and O–H groups in total. The van der Waals surface area contributed by atoms with Crippen LogP contribution in [0.15, 0.2) is 84.9 Å². The number of nitrogens with one attached hydrogen (secondary N) is 1. The van der Waals surface area contributed by atoms with Crippen LogP contribution in [0.3, 0.4) is 0 Å². The lowest BCUT2D eigenvalue weighted by Gasteiger charge is -2.31. The van der Waals surface area contributed by atoms with Crippen molar-refractivity contribution in [3.05, 3.63) is 102 Å². The topological polar surface area (TPSA) is 81.4 Å². The predicted octanol–water partition coefficient (Wildman–Crippen LogP) is 3.21. The molecule has 0 aliphatic rings. The van der Waals surface area contributed by atoms with Gasteiger partial charge in [0.2, 0.25) is 11.8 Å². The molecule has 0 bridgehead atoms. The Morgan fingerprint density at radius 1 is 0.900 bits per heavy atom. The third-order valence-corrected chi connectivity index (χ3v) is 5.42. The zero-order chi connectivity index (χ0) is 21.6. The molecule has 0 saturated carbocycles. The van der Waals surface area contributed by atoms with Crippen LogP contribution in [0.5, 0.6) is 5.75 Å². The summed E-state index contributed by atoms with van der Waals surface area (Å²) in [5, 5.41) is 2.88. The van der Waals surface area contributed by atoms with Gasteiger partial charge in [-0.25, -0.2) is 0 Å². The van der Waals surface area contributed by atoms with Gasteiger partial charge in [-0.2, -0.15) is 0 Å². The summed E-state index contributed by atoms with van der Waals surface area (Å²) in [4.78, 5) is 25.8. The van der Waals surface area contributed by atoms with Crippen LogP contribution in [0, 0.1) is 0 Å². The Kier molecular flexibility index (Phi) is 6.52. The molecule has 0 saturated heterocycles. The van der Waals surface area contributed by atoms with Crippen LogP contribution in [0.2, 0.25) is 0 Å². The maximum Gasteiger partial charge on any atom is 0.240 e. The molecule has 0 heterocycles. The molecular weight excluding hydrogens is 376 g/mol. The molecule has 3 aromatic carbocycles. The molecule has 0 aliphatic carbocycles. The Balaban J connectivity index is 1.95. The van der Waals surface area contributed by atoms with Crippen LogP contribution in [0.25, 0.3) is 0 Å². The number of benzene rings is 3. The fourth-order valence-electron chi connectivity index (χ4n) is 3.59. The first-order chi connectivity index (χ1) is 14.5. The van der Waals surface area contributed by atoms with E-state index in [-0.39, 0.29) is 12.3 Å². The standard InChI is InChI=1S/C25H26N2O3/c1-25(19-12-5-3-6-13-19,20-14-7-4-8-15-20)24(29)27-21(23(26)28)17-18-11-9-10-16-22(18)30-2/h3-16,21H,17H2,1-2H3,(H2,26,28)(H,27,29)/t21-/m0/s1. The van der Waals surface area contributed by atoms with Crippen LogP contribution < -0.4 is 15.8 Å². The molecule has 3 aromatic rings. The average molecular weight is 402 g/mol. The van der Waals surface area contributed by atoms with E-state index in [2.05, 4.69) is 5.32 Å². The SMILES string of the molecule is COc1ccccc1C[C@H](NC(=O)C(C)(c1ccccc1)c1ccccc1)C(N)=O. The number of nitrogens with two attached hydrogens (primary N) is 1. The van der Waals surface area contributed by atoms with Gasteiger partial charge in [0.1, 0.15) is 11.8 Å². The second-order valence-corrected chi connectivity index (χ2v) is 7.30. The van der Waals surface area contributed by atoms with Crippen molar-refractivity contribution < 1.29 is 14.3 Å². The largest absolute Gasteiger partial charge is 0.496 e. The molecule has 2 amide bonds. The van der Waals surface area contributed by atoms with Gasteiger partial charge < -0.3 is 15.8 Å². The molecular formula is C25H26N2O3. The van der Waals surface area contributed by atoms with Gasteiger partial charge in [-0.15, -0.1) is 0 Å². The van der Waals surface area contributed by atoms with Crippen LogP contribution in [0.1, 0.15) is 23.6 Å². The van der Waals surface area contributed by atoms with Gasteiger partial charge in [-0.1, -0.05) is 78.9 Å². The smallest absolute Gasteiger partial charge is 0.240 e. The van der Waals surface area contributed by atoms with E-state index in [4.69, 9.17) is 10.5 Å². The summed E-state index contributed by atoms with van der Waals surface area (Å²) >= 11 is 0. The van der Waals surface area contributed by atoms with Crippen LogP contribution in [0.4, 0.5) is 0 Å². The van der Waals surface area contributed by atoms with Gasteiger partial charge in [0.05, 0.1) is 12.5 Å². The quantitative estimate of drug-likeness (QED) is 0.607. The minimum Gasteiger partial charge on any atom is -0.496 e. The molecule has 5 nitrogen and oxygen atoms in total. The number of ether oxygens (including phenoxy) is 1. The monoisotopic (exact) mass is 402 g/mol. The van der Waals surface area contributed by atoms with Crippen molar-refractivity contribution in [2.75, 3.05) is 7.11 Å². The summed E-state index contributed by atoms with van der Waals surface area (Å²) in [6, 6.07) is 25.5. The highest BCUT2D eigenvalue weighted by Gasteiger charge is 2.38. The van der Waals surface area contributed by atoms with Gasteiger partial charge in [-0.05, 0) is 29.7 Å². The van der Waals surface area contributed by atoms with Crippen LogP contribution in [-0.4, -0.2) is 25.0 Å². The molecule has 3 rings (SSSR count). The molecule has 154 valence electrons. The van der Waals surface area contributed by atoms with Gasteiger partial charge in [0.15, 0.2) is 0 Å². The van der Waals surface area contributed by atoms with E-state index >= 15 is 0 Å². The molecule has 30 heavy (non-hydrogen) atoms. The molecule has 0 aromatic heterocycles. The summed E-state index contributed by atoms with van der Waals surface area (Å²) < 4.78 is 5.37. The number of carbonyl (C=O) groups is 2. The van der Waals surface area contributed by atoms with E-state index in [1.807, 2.05) is 91.9 Å². The van der Waals surface area contributed by atoms with E-state index in [0.29, 0.717) is 5.75 Å². The molecule has 0 fully saturated rings. The normalized spacial score (nSPS) is 12.1. The van der Waals surface area contributed by atoms with Crippen molar-refractivity contribution in [2.24, 2.45) is 5.73 Å². The molecule has 0 radical (unpaired) electrons. The highest BCUT2D eigenvalue weighted by Crippen LogP contribution is 2.32. The van der Waals surface area contributed by atoms with Crippen LogP contribution in [-0.2, 0) is 21.4 Å². The lowest BCUT2D eigenvalue weighted by molar-refractivity contribution is -0.129. The van der Waals surface area contributed by atoms with Crippen molar-refractivity contribution in [2.45, 2.75) is 24.8 Å². The predicted molar refractivity (Wildman–Crippen MR) is 117 cm³/mol. The fraction of sp³-hybridized carbons (Fsp3) is 0.200. The van der Waals surface area contributed by atoms with E-state index < -0.39 is 17.4 Å². The zero-order valence-electron chi connectivity index (χ0n) is 17.2. The van der Waals surface area contributed by atoms with E-state index in [1.165, 1.54) is 0 Å². The average Bonchev–Trinajstić information content (AvgIpc) is 2.79. The number of rotatable bonds is 8. The maximum absolute atomic E-state index is 13.6. The third kappa shape index (κ3) is 4.35. The van der Waals surface area contributed by atoms with Gasteiger partial charge in [-0.3, -0.25) is 9.59 Å². The number of primary amides is 1.